The first-order valence-corrected chi connectivity index (χ1v) is 8.21. The Morgan fingerprint density at radius 2 is 1.89 bits per heavy atom. The zero-order valence-corrected chi connectivity index (χ0v) is 14.9. The topological polar surface area (TPSA) is 93.8 Å². The summed E-state index contributed by atoms with van der Waals surface area (Å²) in [7, 11) is 1.48. The molecule has 3 rings (SSSR count). The summed E-state index contributed by atoms with van der Waals surface area (Å²) >= 11 is 6.00. The molecule has 0 saturated carbocycles. The zero-order chi connectivity index (χ0) is 19.4. The largest absolute Gasteiger partial charge is 0.496 e. The molecule has 0 aliphatic rings. The van der Waals surface area contributed by atoms with E-state index in [9.17, 15) is 14.9 Å². The second kappa shape index (κ2) is 7.84. The average Bonchev–Trinajstić information content (AvgIpc) is 2.68. The van der Waals surface area contributed by atoms with Crippen molar-refractivity contribution in [2.75, 3.05) is 7.11 Å². The fourth-order valence-corrected chi connectivity index (χ4v) is 2.70. The molecule has 136 valence electrons. The first kappa shape index (κ1) is 18.3. The number of carbonyl (C=O) groups is 1. The number of nitro groups is 1. The van der Waals surface area contributed by atoms with Crippen LogP contribution in [0.3, 0.4) is 0 Å². The maximum atomic E-state index is 12.5. The molecule has 0 unspecified atom stereocenters. The number of nitro benzene ring substituents is 1. The predicted octanol–water partition coefficient (Wildman–Crippen LogP) is 4.17. The van der Waals surface area contributed by atoms with Crippen LogP contribution in [0.4, 0.5) is 5.69 Å². The van der Waals surface area contributed by atoms with Crippen LogP contribution in [-0.4, -0.2) is 24.2 Å². The molecule has 0 atom stereocenters. The molecule has 1 amide bonds. The summed E-state index contributed by atoms with van der Waals surface area (Å²) in [6, 6.07) is 15.0. The Labute approximate surface area is 159 Å². The van der Waals surface area contributed by atoms with E-state index in [1.54, 1.807) is 12.1 Å². The van der Waals surface area contributed by atoms with E-state index >= 15 is 0 Å². The minimum Gasteiger partial charge on any atom is -0.496 e. The summed E-state index contributed by atoms with van der Waals surface area (Å²) in [5, 5.41) is 16.8. The Hall–Kier alpha value is -3.45. The third-order valence-corrected chi connectivity index (χ3v) is 4.22. The van der Waals surface area contributed by atoms with Crippen molar-refractivity contribution in [1.29, 1.82) is 0 Å². The van der Waals surface area contributed by atoms with E-state index in [1.165, 1.54) is 31.5 Å². The number of ether oxygens (including phenoxy) is 1. The number of nitrogens with one attached hydrogen (secondary N) is 1. The van der Waals surface area contributed by atoms with E-state index in [1.807, 2.05) is 24.3 Å². The first-order chi connectivity index (χ1) is 13.0. The summed E-state index contributed by atoms with van der Waals surface area (Å²) < 4.78 is 5.29. The number of methoxy groups -OCH3 is 1. The molecule has 8 heteroatoms. The molecule has 7 nitrogen and oxygen atoms in total. The summed E-state index contributed by atoms with van der Waals surface area (Å²) in [6.45, 7) is 0. The average molecular weight is 384 g/mol. The van der Waals surface area contributed by atoms with Crippen LogP contribution in [-0.2, 0) is 0 Å². The number of hydrazone groups is 1. The summed E-state index contributed by atoms with van der Waals surface area (Å²) in [6.07, 6.45) is 1.25. The maximum Gasteiger partial charge on any atom is 0.275 e. The molecule has 0 aliphatic heterocycles. The van der Waals surface area contributed by atoms with Gasteiger partial charge in [0.1, 0.15) is 5.75 Å². The van der Waals surface area contributed by atoms with Gasteiger partial charge in [-0.25, -0.2) is 5.43 Å². The van der Waals surface area contributed by atoms with Gasteiger partial charge in [0, 0.05) is 22.7 Å². The molecule has 3 aromatic rings. The highest BCUT2D eigenvalue weighted by molar-refractivity contribution is 6.33. The van der Waals surface area contributed by atoms with Gasteiger partial charge in [0.15, 0.2) is 0 Å². The summed E-state index contributed by atoms with van der Waals surface area (Å²) in [5.74, 6) is -0.0646. The zero-order valence-electron chi connectivity index (χ0n) is 14.2. The Kier molecular flexibility index (Phi) is 5.33. The van der Waals surface area contributed by atoms with Gasteiger partial charge >= 0.3 is 0 Å². The minimum absolute atomic E-state index is 0.122. The number of non-ortho nitro benzene ring substituents is 1. The monoisotopic (exact) mass is 383 g/mol. The number of rotatable bonds is 5. The maximum absolute atomic E-state index is 12.5. The van der Waals surface area contributed by atoms with Crippen LogP contribution in [0.5, 0.6) is 5.75 Å². The molecule has 0 saturated heterocycles. The second-order valence-electron chi connectivity index (χ2n) is 5.56. The molecule has 1 N–H and O–H groups in total. The van der Waals surface area contributed by atoms with Crippen LogP contribution in [0.1, 0.15) is 15.9 Å². The fourth-order valence-electron chi connectivity index (χ4n) is 2.53. The number of amides is 1. The quantitative estimate of drug-likeness (QED) is 0.406. The Morgan fingerprint density at radius 3 is 2.56 bits per heavy atom. The van der Waals surface area contributed by atoms with E-state index in [4.69, 9.17) is 16.3 Å². The van der Waals surface area contributed by atoms with E-state index < -0.39 is 10.8 Å². The molecule has 0 radical (unpaired) electrons. The third kappa shape index (κ3) is 4.04. The lowest BCUT2D eigenvalue weighted by atomic mass is 10.1. The molecule has 27 heavy (non-hydrogen) atoms. The molecule has 3 aromatic carbocycles. The lowest BCUT2D eigenvalue weighted by molar-refractivity contribution is -0.384. The van der Waals surface area contributed by atoms with Crippen molar-refractivity contribution in [1.82, 2.24) is 5.43 Å². The SMILES string of the molecule is COc1cc2ccccc2cc1C(=O)N/N=C/c1cc([N+](=O)[O-])ccc1Cl. The predicted molar refractivity (Wildman–Crippen MR) is 104 cm³/mol. The van der Waals surface area contributed by atoms with E-state index in [-0.39, 0.29) is 10.7 Å². The Balaban J connectivity index is 1.84. The smallest absolute Gasteiger partial charge is 0.275 e. The van der Waals surface area contributed by atoms with Crippen LogP contribution in [0.15, 0.2) is 59.7 Å². The number of fused-ring (bicyclic) bond motifs is 1. The number of benzene rings is 3. The van der Waals surface area contributed by atoms with Gasteiger partial charge in [-0.05, 0) is 29.0 Å². The molecule has 0 spiro atoms. The van der Waals surface area contributed by atoms with Crippen molar-refractivity contribution >= 4 is 40.2 Å². The van der Waals surface area contributed by atoms with Gasteiger partial charge in [-0.3, -0.25) is 14.9 Å². The molecular formula is C19H14ClN3O4. The van der Waals surface area contributed by atoms with Crippen LogP contribution in [0.25, 0.3) is 10.8 Å². The van der Waals surface area contributed by atoms with Gasteiger partial charge in [-0.2, -0.15) is 5.10 Å². The minimum atomic E-state index is -0.536. The number of hydrogen-bond acceptors (Lipinski definition) is 5. The van der Waals surface area contributed by atoms with E-state index in [2.05, 4.69) is 10.5 Å². The van der Waals surface area contributed by atoms with E-state index in [0.717, 1.165) is 10.8 Å². The van der Waals surface area contributed by atoms with Crippen LogP contribution in [0, 0.1) is 10.1 Å². The number of carbonyl (C=O) groups excluding carboxylic acids is 1. The van der Waals surface area contributed by atoms with Crippen molar-refractivity contribution in [2.24, 2.45) is 5.10 Å². The van der Waals surface area contributed by atoms with Crippen LogP contribution >= 0.6 is 11.6 Å². The second-order valence-corrected chi connectivity index (χ2v) is 5.97. The van der Waals surface area contributed by atoms with Crippen molar-refractivity contribution in [2.45, 2.75) is 0 Å². The molecule has 0 aliphatic carbocycles. The highest BCUT2D eigenvalue weighted by atomic mass is 35.5. The Bertz CT molecular complexity index is 1070. The van der Waals surface area contributed by atoms with Crippen molar-refractivity contribution in [3.63, 3.8) is 0 Å². The van der Waals surface area contributed by atoms with Gasteiger partial charge in [-0.1, -0.05) is 35.9 Å². The van der Waals surface area contributed by atoms with Crippen molar-refractivity contribution in [3.05, 3.63) is 80.9 Å². The Morgan fingerprint density at radius 1 is 1.19 bits per heavy atom. The van der Waals surface area contributed by atoms with Gasteiger partial charge in [0.2, 0.25) is 0 Å². The molecule has 0 heterocycles. The van der Waals surface area contributed by atoms with Gasteiger partial charge in [0.05, 0.1) is 23.8 Å². The highest BCUT2D eigenvalue weighted by Gasteiger charge is 2.13. The molecule has 0 fully saturated rings. The van der Waals surface area contributed by atoms with Gasteiger partial charge < -0.3 is 4.74 Å². The lowest BCUT2D eigenvalue weighted by Crippen LogP contribution is -2.18. The fraction of sp³-hybridized carbons (Fsp3) is 0.0526. The van der Waals surface area contributed by atoms with Crippen LogP contribution in [0.2, 0.25) is 5.02 Å². The lowest BCUT2D eigenvalue weighted by Gasteiger charge is -2.09. The van der Waals surface area contributed by atoms with E-state index in [0.29, 0.717) is 16.9 Å². The summed E-state index contributed by atoms with van der Waals surface area (Å²) in [4.78, 5) is 22.8. The van der Waals surface area contributed by atoms with Crippen molar-refractivity contribution < 1.29 is 14.5 Å². The number of halogens is 1. The highest BCUT2D eigenvalue weighted by Crippen LogP contribution is 2.26. The van der Waals surface area contributed by atoms with Gasteiger partial charge in [0.25, 0.3) is 11.6 Å². The van der Waals surface area contributed by atoms with Gasteiger partial charge in [-0.15, -0.1) is 0 Å². The number of hydrogen-bond donors (Lipinski definition) is 1. The molecule has 0 bridgehead atoms. The summed E-state index contributed by atoms with van der Waals surface area (Å²) in [5.41, 5.74) is 2.90. The first-order valence-electron chi connectivity index (χ1n) is 7.83. The standard InChI is InChI=1S/C19H14ClN3O4/c1-27-18-10-13-5-3-2-4-12(13)9-16(18)19(24)22-21-11-14-8-15(23(25)26)6-7-17(14)20/h2-11H,1H3,(H,22,24)/b21-11+. The van der Waals surface area contributed by atoms with Crippen molar-refractivity contribution in [3.8, 4) is 5.75 Å². The normalized spacial score (nSPS) is 10.9. The molecule has 0 aromatic heterocycles. The third-order valence-electron chi connectivity index (χ3n) is 3.87. The number of nitrogens with zero attached hydrogens (tertiary/aromatic N) is 2. The molecular weight excluding hydrogens is 370 g/mol. The van der Waals surface area contributed by atoms with Crippen LogP contribution < -0.4 is 10.2 Å².